The van der Waals surface area contributed by atoms with Gasteiger partial charge in [-0.05, 0) is 40.5 Å². The molecule has 7 nitrogen and oxygen atoms in total. The Morgan fingerprint density at radius 1 is 1.31 bits per heavy atom. The maximum atomic E-state index is 5.25. The van der Waals surface area contributed by atoms with Gasteiger partial charge >= 0.3 is 0 Å². The van der Waals surface area contributed by atoms with E-state index in [1.807, 2.05) is 18.2 Å². The number of rotatable bonds is 8. The van der Waals surface area contributed by atoms with Crippen molar-refractivity contribution in [2.45, 2.75) is 33.4 Å². The molecule has 9 heteroatoms. The average Bonchev–Trinajstić information content (AvgIpc) is 3.07. The van der Waals surface area contributed by atoms with E-state index in [1.165, 1.54) is 0 Å². The summed E-state index contributed by atoms with van der Waals surface area (Å²) >= 11 is 3.50. The topological polar surface area (TPSA) is 76.4 Å². The van der Waals surface area contributed by atoms with Crippen LogP contribution in [0, 0.1) is 0 Å². The minimum Gasteiger partial charge on any atom is -0.496 e. The first kappa shape index (κ1) is 22.7. The molecule has 0 fully saturated rings. The Balaban J connectivity index is 0.00000338. The highest BCUT2D eigenvalue weighted by molar-refractivity contribution is 14.0. The van der Waals surface area contributed by atoms with Crippen LogP contribution in [-0.2, 0) is 19.5 Å². The van der Waals surface area contributed by atoms with Gasteiger partial charge in [0, 0.05) is 26.1 Å². The van der Waals surface area contributed by atoms with E-state index in [1.54, 1.807) is 13.4 Å². The SMILES string of the molecule is CCNC(=NCc1ccc(OC)c(Br)c1)NCCn1cnnc1CC.I. The van der Waals surface area contributed by atoms with Crippen LogP contribution in [0.15, 0.2) is 34.0 Å². The zero-order chi connectivity index (χ0) is 18.1. The third-order valence-electron chi connectivity index (χ3n) is 3.64. The number of hydrogen-bond acceptors (Lipinski definition) is 4. The zero-order valence-electron chi connectivity index (χ0n) is 15.3. The molecule has 0 aliphatic rings. The molecule has 0 saturated carbocycles. The van der Waals surface area contributed by atoms with E-state index in [9.17, 15) is 0 Å². The molecule has 2 N–H and O–H groups in total. The number of hydrogen-bond donors (Lipinski definition) is 2. The van der Waals surface area contributed by atoms with Gasteiger partial charge in [0.15, 0.2) is 5.96 Å². The molecule has 0 aliphatic heterocycles. The fourth-order valence-corrected chi connectivity index (χ4v) is 2.94. The normalized spacial score (nSPS) is 11.0. The Bertz CT molecular complexity index is 706. The van der Waals surface area contributed by atoms with Gasteiger partial charge in [-0.1, -0.05) is 13.0 Å². The molecule has 2 aromatic rings. The predicted octanol–water partition coefficient (Wildman–Crippen LogP) is 2.98. The van der Waals surface area contributed by atoms with Crippen molar-refractivity contribution >= 4 is 45.9 Å². The second-order valence-electron chi connectivity index (χ2n) is 5.38. The van der Waals surface area contributed by atoms with E-state index in [-0.39, 0.29) is 24.0 Å². The number of ether oxygens (including phenoxy) is 1. The number of aliphatic imine (C=N–C) groups is 1. The standard InChI is InChI=1S/C17H25BrN6O.HI/c1-4-16-23-22-12-24(16)9-8-20-17(19-5-2)21-11-13-6-7-15(25-3)14(18)10-13;/h6-7,10,12H,4-5,8-9,11H2,1-3H3,(H2,19,20,21);1H. The van der Waals surface area contributed by atoms with Crippen LogP contribution in [-0.4, -0.2) is 40.9 Å². The van der Waals surface area contributed by atoms with Crippen molar-refractivity contribution in [1.29, 1.82) is 0 Å². The Morgan fingerprint density at radius 3 is 2.77 bits per heavy atom. The Labute approximate surface area is 180 Å². The van der Waals surface area contributed by atoms with Gasteiger partial charge in [0.2, 0.25) is 0 Å². The predicted molar refractivity (Wildman–Crippen MR) is 118 cm³/mol. The van der Waals surface area contributed by atoms with E-state index in [0.717, 1.165) is 53.6 Å². The van der Waals surface area contributed by atoms with Gasteiger partial charge in [-0.3, -0.25) is 0 Å². The summed E-state index contributed by atoms with van der Waals surface area (Å²) in [6.07, 6.45) is 2.64. The van der Waals surface area contributed by atoms with Crippen LogP contribution in [0.2, 0.25) is 0 Å². The van der Waals surface area contributed by atoms with Crippen molar-refractivity contribution in [3.8, 4) is 5.75 Å². The third kappa shape index (κ3) is 6.75. The van der Waals surface area contributed by atoms with Crippen LogP contribution in [0.25, 0.3) is 0 Å². The minimum absolute atomic E-state index is 0. The summed E-state index contributed by atoms with van der Waals surface area (Å²) in [5.41, 5.74) is 1.11. The van der Waals surface area contributed by atoms with E-state index >= 15 is 0 Å². The lowest BCUT2D eigenvalue weighted by Crippen LogP contribution is -2.38. The van der Waals surface area contributed by atoms with E-state index < -0.39 is 0 Å². The summed E-state index contributed by atoms with van der Waals surface area (Å²) in [6.45, 7) is 7.08. The minimum atomic E-state index is 0. The number of nitrogens with zero attached hydrogens (tertiary/aromatic N) is 4. The number of guanidine groups is 1. The fraction of sp³-hybridized carbons (Fsp3) is 0.471. The number of nitrogens with one attached hydrogen (secondary N) is 2. The molecule has 0 radical (unpaired) electrons. The van der Waals surface area contributed by atoms with Crippen LogP contribution < -0.4 is 15.4 Å². The third-order valence-corrected chi connectivity index (χ3v) is 4.26. The smallest absolute Gasteiger partial charge is 0.191 e. The van der Waals surface area contributed by atoms with E-state index in [4.69, 9.17) is 4.74 Å². The molecule has 0 aliphatic carbocycles. The van der Waals surface area contributed by atoms with E-state index in [2.05, 4.69) is 60.2 Å². The van der Waals surface area contributed by atoms with Crippen LogP contribution in [0.1, 0.15) is 25.2 Å². The molecule has 1 heterocycles. The molecule has 0 amide bonds. The first-order chi connectivity index (χ1) is 12.2. The van der Waals surface area contributed by atoms with Gasteiger partial charge in [-0.25, -0.2) is 4.99 Å². The highest BCUT2D eigenvalue weighted by Crippen LogP contribution is 2.25. The van der Waals surface area contributed by atoms with Crippen LogP contribution in [0.5, 0.6) is 5.75 Å². The molecular formula is C17H26BrIN6O. The summed E-state index contributed by atoms with van der Waals surface area (Å²) in [4.78, 5) is 4.63. The fourth-order valence-electron chi connectivity index (χ4n) is 2.35. The molecular weight excluding hydrogens is 511 g/mol. The highest BCUT2D eigenvalue weighted by Gasteiger charge is 2.04. The maximum Gasteiger partial charge on any atom is 0.191 e. The van der Waals surface area contributed by atoms with Crippen molar-refractivity contribution in [3.05, 3.63) is 40.4 Å². The summed E-state index contributed by atoms with van der Waals surface area (Å²) < 4.78 is 8.24. The maximum absolute atomic E-state index is 5.25. The number of benzene rings is 1. The molecule has 2 rings (SSSR count). The lowest BCUT2D eigenvalue weighted by molar-refractivity contribution is 0.412. The molecule has 1 aromatic carbocycles. The highest BCUT2D eigenvalue weighted by atomic mass is 127. The lowest BCUT2D eigenvalue weighted by Gasteiger charge is -2.12. The Kier molecular flexibility index (Phi) is 10.6. The first-order valence-corrected chi connectivity index (χ1v) is 9.18. The average molecular weight is 537 g/mol. The van der Waals surface area contributed by atoms with Crippen molar-refractivity contribution in [2.75, 3.05) is 20.2 Å². The molecule has 0 bridgehead atoms. The second kappa shape index (κ2) is 12.1. The zero-order valence-corrected chi connectivity index (χ0v) is 19.2. The second-order valence-corrected chi connectivity index (χ2v) is 6.24. The lowest BCUT2D eigenvalue weighted by atomic mass is 10.2. The number of methoxy groups -OCH3 is 1. The molecule has 144 valence electrons. The quantitative estimate of drug-likeness (QED) is 0.308. The molecule has 26 heavy (non-hydrogen) atoms. The van der Waals surface area contributed by atoms with E-state index in [0.29, 0.717) is 6.54 Å². The number of aryl methyl sites for hydroxylation is 1. The van der Waals surface area contributed by atoms with Gasteiger partial charge in [0.05, 0.1) is 18.1 Å². The summed E-state index contributed by atoms with van der Waals surface area (Å²) in [6, 6.07) is 5.98. The van der Waals surface area contributed by atoms with Crippen LogP contribution in [0.3, 0.4) is 0 Å². The Hall–Kier alpha value is -1.36. The van der Waals surface area contributed by atoms with Crippen LogP contribution in [0.4, 0.5) is 0 Å². The summed E-state index contributed by atoms with van der Waals surface area (Å²) in [5, 5.41) is 14.6. The van der Waals surface area contributed by atoms with Crippen LogP contribution >= 0.6 is 39.9 Å². The summed E-state index contributed by atoms with van der Waals surface area (Å²) in [5.74, 6) is 2.60. The van der Waals surface area contributed by atoms with Crippen molar-refractivity contribution in [3.63, 3.8) is 0 Å². The number of aromatic nitrogens is 3. The number of halogens is 2. The molecule has 0 atom stereocenters. The molecule has 0 saturated heterocycles. The van der Waals surface area contributed by atoms with Gasteiger partial charge in [0.25, 0.3) is 0 Å². The van der Waals surface area contributed by atoms with Crippen molar-refractivity contribution in [2.24, 2.45) is 4.99 Å². The van der Waals surface area contributed by atoms with Gasteiger partial charge in [0.1, 0.15) is 17.9 Å². The molecule has 0 unspecified atom stereocenters. The Morgan fingerprint density at radius 2 is 2.12 bits per heavy atom. The van der Waals surface area contributed by atoms with Gasteiger partial charge in [-0.15, -0.1) is 34.2 Å². The van der Waals surface area contributed by atoms with Crippen molar-refractivity contribution in [1.82, 2.24) is 25.4 Å². The monoisotopic (exact) mass is 536 g/mol. The van der Waals surface area contributed by atoms with Crippen molar-refractivity contribution < 1.29 is 4.74 Å². The largest absolute Gasteiger partial charge is 0.496 e. The van der Waals surface area contributed by atoms with Gasteiger partial charge in [-0.2, -0.15) is 0 Å². The summed E-state index contributed by atoms with van der Waals surface area (Å²) in [7, 11) is 1.66. The molecule has 0 spiro atoms. The first-order valence-electron chi connectivity index (χ1n) is 8.39. The van der Waals surface area contributed by atoms with Gasteiger partial charge < -0.3 is 19.9 Å². The molecule has 1 aromatic heterocycles.